The van der Waals surface area contributed by atoms with Gasteiger partial charge in [-0.1, -0.05) is 6.92 Å². The van der Waals surface area contributed by atoms with Crippen molar-refractivity contribution < 1.29 is 8.78 Å². The van der Waals surface area contributed by atoms with Crippen LogP contribution in [0.2, 0.25) is 0 Å². The van der Waals surface area contributed by atoms with E-state index in [1.807, 2.05) is 12.1 Å². The second-order valence-corrected chi connectivity index (χ2v) is 5.04. The number of nitrogens with two attached hydrogens (primary N) is 1. The molecule has 0 saturated carbocycles. The summed E-state index contributed by atoms with van der Waals surface area (Å²) in [6.45, 7) is 2.06. The highest BCUT2D eigenvalue weighted by molar-refractivity contribution is 7.12. The Hall–Kier alpha value is -1.26. The van der Waals surface area contributed by atoms with E-state index in [-0.39, 0.29) is 0 Å². The second kappa shape index (κ2) is 4.94. The Kier molecular flexibility index (Phi) is 3.54. The van der Waals surface area contributed by atoms with Crippen molar-refractivity contribution in [1.82, 2.24) is 0 Å². The summed E-state index contributed by atoms with van der Waals surface area (Å²) in [5.74, 6) is -1.19. The molecule has 0 aliphatic heterocycles. The Morgan fingerprint density at radius 3 is 2.35 bits per heavy atom. The maximum Gasteiger partial charge on any atom is 0.126 e. The molecule has 0 spiro atoms. The van der Waals surface area contributed by atoms with E-state index < -0.39 is 17.7 Å². The molecule has 0 saturated heterocycles. The maximum absolute atomic E-state index is 13.1. The third kappa shape index (κ3) is 2.70. The van der Waals surface area contributed by atoms with E-state index in [0.717, 1.165) is 17.4 Å². The van der Waals surface area contributed by atoms with Crippen LogP contribution in [0, 0.1) is 11.6 Å². The van der Waals surface area contributed by atoms with Gasteiger partial charge in [-0.3, -0.25) is 0 Å². The van der Waals surface area contributed by atoms with Gasteiger partial charge in [-0.2, -0.15) is 0 Å². The molecule has 0 amide bonds. The lowest BCUT2D eigenvalue weighted by Gasteiger charge is -2.10. The van der Waals surface area contributed by atoms with Crippen LogP contribution in [0.5, 0.6) is 0 Å². The molecule has 1 heterocycles. The van der Waals surface area contributed by atoms with Gasteiger partial charge in [-0.25, -0.2) is 8.78 Å². The highest BCUT2D eigenvalue weighted by Crippen LogP contribution is 2.27. The van der Waals surface area contributed by atoms with Crippen molar-refractivity contribution in [2.75, 3.05) is 0 Å². The van der Waals surface area contributed by atoms with Crippen LogP contribution in [0.4, 0.5) is 8.78 Å². The zero-order valence-corrected chi connectivity index (χ0v) is 10.2. The van der Waals surface area contributed by atoms with Gasteiger partial charge in [0.15, 0.2) is 0 Å². The van der Waals surface area contributed by atoms with Crippen LogP contribution in [0.15, 0.2) is 30.3 Å². The molecule has 2 rings (SSSR count). The predicted octanol–water partition coefficient (Wildman–Crippen LogP) is 3.64. The first-order valence-electron chi connectivity index (χ1n) is 5.40. The molecular weight excluding hydrogens is 240 g/mol. The third-order valence-corrected chi connectivity index (χ3v) is 3.89. The fourth-order valence-electron chi connectivity index (χ4n) is 1.67. The van der Waals surface area contributed by atoms with Gasteiger partial charge in [0.2, 0.25) is 0 Å². The fourth-order valence-corrected chi connectivity index (χ4v) is 2.65. The van der Waals surface area contributed by atoms with Gasteiger partial charge in [0.1, 0.15) is 11.6 Å². The average molecular weight is 253 g/mol. The van der Waals surface area contributed by atoms with Gasteiger partial charge in [-0.05, 0) is 36.2 Å². The molecule has 1 aromatic heterocycles. The minimum Gasteiger partial charge on any atom is -0.320 e. The van der Waals surface area contributed by atoms with E-state index in [9.17, 15) is 8.78 Å². The smallest absolute Gasteiger partial charge is 0.126 e. The first-order valence-corrected chi connectivity index (χ1v) is 6.22. The van der Waals surface area contributed by atoms with E-state index in [1.54, 1.807) is 11.3 Å². The van der Waals surface area contributed by atoms with E-state index in [2.05, 4.69) is 6.92 Å². The maximum atomic E-state index is 13.1. The van der Waals surface area contributed by atoms with Crippen molar-refractivity contribution in [1.29, 1.82) is 0 Å². The largest absolute Gasteiger partial charge is 0.320 e. The molecule has 0 radical (unpaired) electrons. The summed E-state index contributed by atoms with van der Waals surface area (Å²) in [6, 6.07) is 6.85. The zero-order chi connectivity index (χ0) is 12.4. The van der Waals surface area contributed by atoms with Crippen molar-refractivity contribution in [2.24, 2.45) is 5.73 Å². The summed E-state index contributed by atoms with van der Waals surface area (Å²) in [6.07, 6.45) is 0.939. The van der Waals surface area contributed by atoms with E-state index in [4.69, 9.17) is 5.73 Å². The predicted molar refractivity (Wildman–Crippen MR) is 66.1 cm³/mol. The van der Waals surface area contributed by atoms with Crippen LogP contribution in [0.3, 0.4) is 0 Å². The molecule has 90 valence electrons. The number of hydrogen-bond donors (Lipinski definition) is 1. The number of hydrogen-bond acceptors (Lipinski definition) is 2. The zero-order valence-electron chi connectivity index (χ0n) is 9.41. The summed E-state index contributed by atoms with van der Waals surface area (Å²) in [4.78, 5) is 2.14. The van der Waals surface area contributed by atoms with Crippen molar-refractivity contribution >= 4 is 11.3 Å². The summed E-state index contributed by atoms with van der Waals surface area (Å²) in [5, 5.41) is 0. The molecule has 0 fully saturated rings. The fraction of sp³-hybridized carbons (Fsp3) is 0.231. The normalized spacial score (nSPS) is 12.7. The van der Waals surface area contributed by atoms with Crippen LogP contribution in [-0.2, 0) is 6.42 Å². The number of aryl methyl sites for hydroxylation is 1. The van der Waals surface area contributed by atoms with Crippen LogP contribution in [-0.4, -0.2) is 0 Å². The van der Waals surface area contributed by atoms with E-state index in [0.29, 0.717) is 5.56 Å². The van der Waals surface area contributed by atoms with Gasteiger partial charge in [-0.15, -0.1) is 11.3 Å². The molecule has 0 bridgehead atoms. The number of halogens is 2. The highest BCUT2D eigenvalue weighted by Gasteiger charge is 2.13. The minimum absolute atomic E-state index is 0.465. The topological polar surface area (TPSA) is 26.0 Å². The first-order chi connectivity index (χ1) is 8.10. The molecule has 1 aromatic carbocycles. The summed E-state index contributed by atoms with van der Waals surface area (Å²) in [5.41, 5.74) is 6.46. The summed E-state index contributed by atoms with van der Waals surface area (Å²) in [7, 11) is 0. The van der Waals surface area contributed by atoms with Gasteiger partial charge in [0.05, 0.1) is 6.04 Å². The summed E-state index contributed by atoms with van der Waals surface area (Å²) < 4.78 is 26.2. The average Bonchev–Trinajstić information content (AvgIpc) is 2.75. The molecule has 4 heteroatoms. The van der Waals surface area contributed by atoms with Crippen molar-refractivity contribution in [2.45, 2.75) is 19.4 Å². The summed E-state index contributed by atoms with van der Waals surface area (Å²) >= 11 is 1.58. The Morgan fingerprint density at radius 2 is 1.82 bits per heavy atom. The molecule has 1 unspecified atom stereocenters. The van der Waals surface area contributed by atoms with Gasteiger partial charge in [0.25, 0.3) is 0 Å². The Balaban J connectivity index is 2.32. The van der Waals surface area contributed by atoms with Gasteiger partial charge in [0, 0.05) is 15.8 Å². The highest BCUT2D eigenvalue weighted by atomic mass is 32.1. The molecule has 1 atom stereocenters. The lowest BCUT2D eigenvalue weighted by Crippen LogP contribution is -2.10. The lowest BCUT2D eigenvalue weighted by atomic mass is 10.1. The van der Waals surface area contributed by atoms with Gasteiger partial charge >= 0.3 is 0 Å². The van der Waals surface area contributed by atoms with Gasteiger partial charge < -0.3 is 5.73 Å². The number of benzene rings is 1. The Bertz CT molecular complexity index is 502. The van der Waals surface area contributed by atoms with Crippen LogP contribution < -0.4 is 5.73 Å². The van der Waals surface area contributed by atoms with Crippen LogP contribution in [0.25, 0.3) is 0 Å². The SMILES string of the molecule is CCc1ccc(C(N)c2cc(F)cc(F)c2)s1. The van der Waals surface area contributed by atoms with Crippen molar-refractivity contribution in [3.05, 3.63) is 57.3 Å². The standard InChI is InChI=1S/C13H13F2NS/c1-2-11-3-4-12(17-11)13(16)8-5-9(14)7-10(15)6-8/h3-7,13H,2,16H2,1H3. The monoisotopic (exact) mass is 253 g/mol. The number of rotatable bonds is 3. The Labute approximate surface area is 103 Å². The minimum atomic E-state index is -0.595. The second-order valence-electron chi connectivity index (χ2n) is 3.84. The van der Waals surface area contributed by atoms with E-state index in [1.165, 1.54) is 17.0 Å². The van der Waals surface area contributed by atoms with E-state index >= 15 is 0 Å². The van der Waals surface area contributed by atoms with Crippen molar-refractivity contribution in [3.63, 3.8) is 0 Å². The molecule has 0 aliphatic carbocycles. The molecule has 2 aromatic rings. The van der Waals surface area contributed by atoms with Crippen LogP contribution in [0.1, 0.15) is 28.3 Å². The lowest BCUT2D eigenvalue weighted by molar-refractivity contribution is 0.577. The molecular formula is C13H13F2NS. The Morgan fingerprint density at radius 1 is 1.18 bits per heavy atom. The quantitative estimate of drug-likeness (QED) is 0.888. The third-order valence-electron chi connectivity index (χ3n) is 2.58. The first kappa shape index (κ1) is 12.2. The molecule has 2 N–H and O–H groups in total. The molecule has 1 nitrogen and oxygen atoms in total. The molecule has 0 aliphatic rings. The molecule has 17 heavy (non-hydrogen) atoms. The van der Waals surface area contributed by atoms with Crippen molar-refractivity contribution in [3.8, 4) is 0 Å². The number of thiophene rings is 1. The van der Waals surface area contributed by atoms with Crippen LogP contribution >= 0.6 is 11.3 Å².